The van der Waals surface area contributed by atoms with Gasteiger partial charge in [0.15, 0.2) is 6.04 Å². The minimum atomic E-state index is -0.381. The number of amides is 1. The first-order valence-electron chi connectivity index (χ1n) is 10.2. The molecule has 0 saturated carbocycles. The third-order valence-electron chi connectivity index (χ3n) is 5.72. The lowest BCUT2D eigenvalue weighted by Gasteiger charge is -2.37. The largest absolute Gasteiger partial charge is 0.360 e. The molecule has 7 nitrogen and oxygen atoms in total. The molecule has 0 bridgehead atoms. The van der Waals surface area contributed by atoms with E-state index in [0.717, 1.165) is 37.4 Å². The molecule has 1 fully saturated rings. The zero-order valence-electron chi connectivity index (χ0n) is 17.1. The Bertz CT molecular complexity index is 818. The number of anilines is 1. The highest BCUT2D eigenvalue weighted by Crippen LogP contribution is 2.19. The number of hydrogen-bond acceptors (Lipinski definition) is 4. The van der Waals surface area contributed by atoms with Crippen LogP contribution in [0.5, 0.6) is 0 Å². The summed E-state index contributed by atoms with van der Waals surface area (Å²) in [5.41, 5.74) is 2.25. The van der Waals surface area contributed by atoms with Crippen molar-refractivity contribution < 1.29 is 14.6 Å². The topological polar surface area (TPSA) is 71.1 Å². The molecule has 2 aromatic carbocycles. The van der Waals surface area contributed by atoms with Gasteiger partial charge in [-0.15, -0.1) is 0 Å². The molecule has 1 N–H and O–H groups in total. The number of carbonyl (C=O) groups is 1. The molecule has 3 rings (SSSR count). The van der Waals surface area contributed by atoms with Gasteiger partial charge in [0, 0.05) is 30.9 Å². The molecule has 0 spiro atoms. The summed E-state index contributed by atoms with van der Waals surface area (Å²) in [7, 11) is 0. The van der Waals surface area contributed by atoms with Crippen molar-refractivity contribution in [2.45, 2.75) is 26.4 Å². The molecular formula is C22H29N4O3+. The molecule has 1 aliphatic rings. The molecule has 29 heavy (non-hydrogen) atoms. The van der Waals surface area contributed by atoms with Crippen LogP contribution in [-0.2, 0) is 11.3 Å². The van der Waals surface area contributed by atoms with Gasteiger partial charge in [-0.2, -0.15) is 0 Å². The SMILES string of the molecule is CCN(Cc1ccccc1)C(=O)[C@H](C)[NH+]1CCN(c2ccc([N+](=O)[O-])cc2)CC1. The Morgan fingerprint density at radius 3 is 2.31 bits per heavy atom. The zero-order chi connectivity index (χ0) is 20.8. The third kappa shape index (κ3) is 5.12. The highest BCUT2D eigenvalue weighted by atomic mass is 16.6. The minimum absolute atomic E-state index is 0.0855. The van der Waals surface area contributed by atoms with Crippen molar-refractivity contribution in [3.05, 3.63) is 70.3 Å². The average Bonchev–Trinajstić information content (AvgIpc) is 2.77. The second-order valence-electron chi connectivity index (χ2n) is 7.48. The van der Waals surface area contributed by atoms with Crippen LogP contribution in [0.15, 0.2) is 54.6 Å². The van der Waals surface area contributed by atoms with Crippen LogP contribution in [0.25, 0.3) is 0 Å². The molecule has 0 unspecified atom stereocenters. The maximum Gasteiger partial charge on any atom is 0.280 e. The molecule has 2 aromatic rings. The number of benzene rings is 2. The van der Waals surface area contributed by atoms with Crippen LogP contribution >= 0.6 is 0 Å². The number of nitro groups is 1. The van der Waals surface area contributed by atoms with Crippen molar-refractivity contribution in [1.29, 1.82) is 0 Å². The van der Waals surface area contributed by atoms with E-state index in [-0.39, 0.29) is 22.6 Å². The molecule has 7 heteroatoms. The lowest BCUT2D eigenvalue weighted by Crippen LogP contribution is -3.19. The van der Waals surface area contributed by atoms with E-state index in [1.54, 1.807) is 24.3 Å². The summed E-state index contributed by atoms with van der Waals surface area (Å²) >= 11 is 0. The Hall–Kier alpha value is -2.93. The first kappa shape index (κ1) is 20.8. The van der Waals surface area contributed by atoms with E-state index in [9.17, 15) is 14.9 Å². The first-order chi connectivity index (χ1) is 14.0. The lowest BCUT2D eigenvalue weighted by atomic mass is 10.1. The van der Waals surface area contributed by atoms with Crippen molar-refractivity contribution in [1.82, 2.24) is 4.90 Å². The second-order valence-corrected chi connectivity index (χ2v) is 7.48. The third-order valence-corrected chi connectivity index (χ3v) is 5.72. The summed E-state index contributed by atoms with van der Waals surface area (Å²) in [6.07, 6.45) is 0. The fraction of sp³-hybridized carbons (Fsp3) is 0.409. The van der Waals surface area contributed by atoms with Gasteiger partial charge < -0.3 is 14.7 Å². The Balaban J connectivity index is 1.56. The standard InChI is InChI=1S/C22H28N4O3/c1-3-23(17-19-7-5-4-6-8-19)22(27)18(2)24-13-15-25(16-14-24)20-9-11-21(12-10-20)26(28)29/h4-12,18H,3,13-17H2,1-2H3/p+1/t18-/m0/s1. The number of rotatable bonds is 7. The van der Waals surface area contributed by atoms with Gasteiger partial charge in [-0.3, -0.25) is 14.9 Å². The Labute approximate surface area is 171 Å². The quantitative estimate of drug-likeness (QED) is 0.571. The van der Waals surface area contributed by atoms with Gasteiger partial charge in [-0.05, 0) is 31.5 Å². The smallest absolute Gasteiger partial charge is 0.280 e. The van der Waals surface area contributed by atoms with Gasteiger partial charge in [0.1, 0.15) is 0 Å². The van der Waals surface area contributed by atoms with E-state index in [4.69, 9.17) is 0 Å². The summed E-state index contributed by atoms with van der Waals surface area (Å²) < 4.78 is 0. The maximum absolute atomic E-state index is 13.1. The van der Waals surface area contributed by atoms with E-state index >= 15 is 0 Å². The molecule has 1 heterocycles. The van der Waals surface area contributed by atoms with Gasteiger partial charge in [-0.25, -0.2) is 0 Å². The molecule has 1 atom stereocenters. The van der Waals surface area contributed by atoms with E-state index in [1.165, 1.54) is 4.90 Å². The summed E-state index contributed by atoms with van der Waals surface area (Å²) in [6, 6.07) is 16.7. The van der Waals surface area contributed by atoms with Gasteiger partial charge in [-0.1, -0.05) is 30.3 Å². The van der Waals surface area contributed by atoms with Crippen LogP contribution in [-0.4, -0.2) is 54.5 Å². The Morgan fingerprint density at radius 2 is 1.76 bits per heavy atom. The van der Waals surface area contributed by atoms with E-state index in [2.05, 4.69) is 17.0 Å². The van der Waals surface area contributed by atoms with Crippen LogP contribution < -0.4 is 9.80 Å². The Kier molecular flexibility index (Phi) is 6.82. The molecular weight excluding hydrogens is 368 g/mol. The molecule has 0 aromatic heterocycles. The molecule has 0 radical (unpaired) electrons. The van der Waals surface area contributed by atoms with Gasteiger partial charge in [0.05, 0.1) is 31.1 Å². The molecule has 1 amide bonds. The fourth-order valence-electron chi connectivity index (χ4n) is 3.87. The molecule has 1 aliphatic heterocycles. The molecule has 154 valence electrons. The number of carbonyl (C=O) groups excluding carboxylic acids is 1. The highest BCUT2D eigenvalue weighted by molar-refractivity contribution is 5.80. The van der Waals surface area contributed by atoms with Crippen molar-refractivity contribution in [3.63, 3.8) is 0 Å². The summed E-state index contributed by atoms with van der Waals surface area (Å²) in [5.74, 6) is 0.190. The minimum Gasteiger partial charge on any atom is -0.360 e. The number of hydrogen-bond donors (Lipinski definition) is 1. The number of piperazine rings is 1. The number of quaternary nitrogens is 1. The van der Waals surface area contributed by atoms with Crippen LogP contribution in [0.1, 0.15) is 19.4 Å². The van der Waals surface area contributed by atoms with Gasteiger partial charge in [0.2, 0.25) is 0 Å². The van der Waals surface area contributed by atoms with E-state index < -0.39 is 0 Å². The number of nitrogens with one attached hydrogen (secondary N) is 1. The summed E-state index contributed by atoms with van der Waals surface area (Å²) in [6.45, 7) is 8.77. The van der Waals surface area contributed by atoms with Crippen molar-refractivity contribution >= 4 is 17.3 Å². The summed E-state index contributed by atoms with van der Waals surface area (Å²) in [5, 5.41) is 10.8. The van der Waals surface area contributed by atoms with Crippen LogP contribution in [0.3, 0.4) is 0 Å². The maximum atomic E-state index is 13.1. The van der Waals surface area contributed by atoms with Crippen molar-refractivity contribution in [3.8, 4) is 0 Å². The predicted molar refractivity (Wildman–Crippen MR) is 113 cm³/mol. The average molecular weight is 397 g/mol. The van der Waals surface area contributed by atoms with Crippen LogP contribution in [0.4, 0.5) is 11.4 Å². The fourth-order valence-corrected chi connectivity index (χ4v) is 3.87. The summed E-state index contributed by atoms with van der Waals surface area (Å²) in [4.78, 5) is 28.9. The monoisotopic (exact) mass is 397 g/mol. The van der Waals surface area contributed by atoms with Crippen LogP contribution in [0, 0.1) is 10.1 Å². The van der Waals surface area contributed by atoms with Gasteiger partial charge in [0.25, 0.3) is 11.6 Å². The normalized spacial score (nSPS) is 15.7. The molecule has 0 aliphatic carbocycles. The second kappa shape index (κ2) is 9.52. The lowest BCUT2D eigenvalue weighted by molar-refractivity contribution is -0.915. The number of nitrogens with zero attached hydrogens (tertiary/aromatic N) is 3. The predicted octanol–water partition coefficient (Wildman–Crippen LogP) is 1.74. The number of non-ortho nitro benzene ring substituents is 1. The van der Waals surface area contributed by atoms with Crippen LogP contribution in [0.2, 0.25) is 0 Å². The number of likely N-dealkylation sites (N-methyl/N-ethyl adjacent to an activating group) is 1. The van der Waals surface area contributed by atoms with E-state index in [1.807, 2.05) is 36.9 Å². The van der Waals surface area contributed by atoms with Crippen molar-refractivity contribution in [2.24, 2.45) is 0 Å². The van der Waals surface area contributed by atoms with Crippen molar-refractivity contribution in [2.75, 3.05) is 37.6 Å². The Morgan fingerprint density at radius 1 is 1.14 bits per heavy atom. The molecule has 1 saturated heterocycles. The zero-order valence-corrected chi connectivity index (χ0v) is 17.1. The highest BCUT2D eigenvalue weighted by Gasteiger charge is 2.31. The van der Waals surface area contributed by atoms with E-state index in [0.29, 0.717) is 13.1 Å². The first-order valence-corrected chi connectivity index (χ1v) is 10.2. The number of nitro benzene ring substituents is 1. The van der Waals surface area contributed by atoms with Gasteiger partial charge >= 0.3 is 0 Å².